The van der Waals surface area contributed by atoms with Crippen molar-refractivity contribution in [2.75, 3.05) is 0 Å². The zero-order valence-electron chi connectivity index (χ0n) is 5.51. The minimum Gasteiger partial charge on any atom is -0.228 e. The molecule has 0 aromatic heterocycles. The van der Waals surface area contributed by atoms with Crippen LogP contribution in [0.5, 0.6) is 0 Å². The summed E-state index contributed by atoms with van der Waals surface area (Å²) in [4.78, 5) is 0. The van der Waals surface area contributed by atoms with Crippen molar-refractivity contribution in [2.45, 2.75) is 19.1 Å². The molecule has 1 atom stereocenters. The molecule has 0 spiro atoms. The molecule has 51 valence electrons. The predicted molar refractivity (Wildman–Crippen MR) is 37.2 cm³/mol. The highest BCUT2D eigenvalue weighted by atomic mass is 32.2. The second-order valence-electron chi connectivity index (χ2n) is 1.70. The molecule has 0 saturated heterocycles. The first-order valence-corrected chi connectivity index (χ1v) is 4.19. The molecule has 0 aromatic rings. The highest BCUT2D eigenvalue weighted by Gasteiger charge is 2.09. The third kappa shape index (κ3) is 3.15. The SMILES string of the molecule is [CH2]S(=O)(=O)C(C)C#CC. The van der Waals surface area contributed by atoms with Crippen molar-refractivity contribution >= 4 is 9.84 Å². The molecule has 2 nitrogen and oxygen atoms in total. The van der Waals surface area contributed by atoms with Gasteiger partial charge in [-0.15, -0.1) is 5.92 Å². The summed E-state index contributed by atoms with van der Waals surface area (Å²) in [7, 11) is -3.19. The van der Waals surface area contributed by atoms with E-state index in [1.807, 2.05) is 0 Å². The van der Waals surface area contributed by atoms with E-state index in [9.17, 15) is 8.42 Å². The van der Waals surface area contributed by atoms with E-state index in [-0.39, 0.29) is 0 Å². The molecule has 0 heterocycles. The quantitative estimate of drug-likeness (QED) is 0.506. The molecule has 3 heteroatoms. The Morgan fingerprint density at radius 2 is 2.00 bits per heavy atom. The number of hydrogen-bond acceptors (Lipinski definition) is 2. The summed E-state index contributed by atoms with van der Waals surface area (Å²) in [5, 5.41) is -0.637. The average Bonchev–Trinajstić information content (AvgIpc) is 1.64. The van der Waals surface area contributed by atoms with Crippen LogP contribution >= 0.6 is 0 Å². The maximum absolute atomic E-state index is 10.5. The van der Waals surface area contributed by atoms with Gasteiger partial charge in [0, 0.05) is 0 Å². The highest BCUT2D eigenvalue weighted by molar-refractivity contribution is 7.93. The molecule has 0 aromatic carbocycles. The van der Waals surface area contributed by atoms with E-state index < -0.39 is 15.1 Å². The molecule has 1 unspecified atom stereocenters. The van der Waals surface area contributed by atoms with Gasteiger partial charge >= 0.3 is 0 Å². The maximum Gasteiger partial charge on any atom is 0.165 e. The molecule has 0 aliphatic rings. The van der Waals surface area contributed by atoms with Crippen molar-refractivity contribution in [3.63, 3.8) is 0 Å². The second-order valence-corrected chi connectivity index (χ2v) is 3.73. The molecule has 0 bridgehead atoms. The lowest BCUT2D eigenvalue weighted by Crippen LogP contribution is -2.10. The van der Waals surface area contributed by atoms with Gasteiger partial charge in [0.05, 0.1) is 6.26 Å². The van der Waals surface area contributed by atoms with Gasteiger partial charge in [0.15, 0.2) is 9.84 Å². The Kier molecular flexibility index (Phi) is 2.72. The lowest BCUT2D eigenvalue weighted by Gasteiger charge is -1.96. The Bertz CT molecular complexity index is 228. The van der Waals surface area contributed by atoms with Crippen LogP contribution in [0.2, 0.25) is 0 Å². The topological polar surface area (TPSA) is 34.1 Å². The Balaban J connectivity index is 4.36. The van der Waals surface area contributed by atoms with Gasteiger partial charge < -0.3 is 0 Å². The fraction of sp³-hybridized carbons (Fsp3) is 0.500. The van der Waals surface area contributed by atoms with E-state index in [0.717, 1.165) is 0 Å². The Hall–Kier alpha value is -0.490. The lowest BCUT2D eigenvalue weighted by atomic mass is 10.5. The zero-order valence-corrected chi connectivity index (χ0v) is 6.33. The van der Waals surface area contributed by atoms with Crippen LogP contribution < -0.4 is 0 Å². The first-order chi connectivity index (χ1) is 3.98. The average molecular weight is 145 g/mol. The molecule has 1 radical (unpaired) electrons. The summed E-state index contributed by atoms with van der Waals surface area (Å²) in [5.41, 5.74) is 0. The monoisotopic (exact) mass is 145 g/mol. The van der Waals surface area contributed by atoms with Crippen LogP contribution in [0.15, 0.2) is 0 Å². The molecule has 0 aliphatic heterocycles. The highest BCUT2D eigenvalue weighted by Crippen LogP contribution is 1.96. The molecular formula is C6H9O2S. The van der Waals surface area contributed by atoms with Crippen molar-refractivity contribution in [3.8, 4) is 11.8 Å². The van der Waals surface area contributed by atoms with Crippen LogP contribution in [0.4, 0.5) is 0 Å². The summed E-state index contributed by atoms with van der Waals surface area (Å²) >= 11 is 0. The molecule has 0 amide bonds. The third-order valence-corrected chi connectivity index (χ3v) is 2.08. The van der Waals surface area contributed by atoms with Gasteiger partial charge in [-0.25, -0.2) is 8.42 Å². The Morgan fingerprint density at radius 3 is 2.11 bits per heavy atom. The minimum atomic E-state index is -3.19. The van der Waals surface area contributed by atoms with E-state index in [4.69, 9.17) is 0 Å². The van der Waals surface area contributed by atoms with Crippen molar-refractivity contribution < 1.29 is 8.42 Å². The van der Waals surface area contributed by atoms with Gasteiger partial charge in [0.2, 0.25) is 0 Å². The van der Waals surface area contributed by atoms with Crippen LogP contribution in [0.25, 0.3) is 0 Å². The van der Waals surface area contributed by atoms with Gasteiger partial charge in [-0.1, -0.05) is 5.92 Å². The minimum absolute atomic E-state index is 0.637. The third-order valence-electron chi connectivity index (χ3n) is 0.886. The molecule has 0 fully saturated rings. The van der Waals surface area contributed by atoms with Crippen LogP contribution in [0.1, 0.15) is 13.8 Å². The van der Waals surface area contributed by atoms with E-state index in [0.29, 0.717) is 0 Å². The van der Waals surface area contributed by atoms with Crippen molar-refractivity contribution in [3.05, 3.63) is 6.26 Å². The first kappa shape index (κ1) is 8.51. The number of sulfone groups is 1. The van der Waals surface area contributed by atoms with Gasteiger partial charge in [0.1, 0.15) is 5.25 Å². The molecular weight excluding hydrogens is 136 g/mol. The largest absolute Gasteiger partial charge is 0.228 e. The van der Waals surface area contributed by atoms with Gasteiger partial charge in [0.25, 0.3) is 0 Å². The van der Waals surface area contributed by atoms with E-state index in [1.165, 1.54) is 6.92 Å². The van der Waals surface area contributed by atoms with E-state index >= 15 is 0 Å². The second kappa shape index (κ2) is 2.88. The smallest absolute Gasteiger partial charge is 0.165 e. The summed E-state index contributed by atoms with van der Waals surface area (Å²) in [6.07, 6.45) is 2.96. The van der Waals surface area contributed by atoms with Gasteiger partial charge in [-0.2, -0.15) is 0 Å². The first-order valence-electron chi connectivity index (χ1n) is 2.47. The standard InChI is InChI=1S/C6H9O2S/c1-4-5-6(2)9(3,7)8/h6H,3H2,1-2H3. The van der Waals surface area contributed by atoms with Gasteiger partial charge in [-0.3, -0.25) is 0 Å². The van der Waals surface area contributed by atoms with Gasteiger partial charge in [-0.05, 0) is 13.8 Å². The number of rotatable bonds is 1. The molecule has 0 saturated carbocycles. The summed E-state index contributed by atoms with van der Waals surface area (Å²) in [6.45, 7) is 3.11. The molecule has 0 N–H and O–H groups in total. The normalized spacial score (nSPS) is 13.7. The van der Waals surface area contributed by atoms with Crippen molar-refractivity contribution in [2.24, 2.45) is 0 Å². The maximum atomic E-state index is 10.5. The van der Waals surface area contributed by atoms with Crippen molar-refractivity contribution in [1.82, 2.24) is 0 Å². The summed E-state index contributed by atoms with van der Waals surface area (Å²) in [5.74, 6) is 4.99. The van der Waals surface area contributed by atoms with Crippen LogP contribution in [0.3, 0.4) is 0 Å². The number of hydrogen-bond donors (Lipinski definition) is 0. The fourth-order valence-electron chi connectivity index (χ4n) is 0.293. The summed E-state index contributed by atoms with van der Waals surface area (Å²) in [6, 6.07) is 0. The Morgan fingerprint density at radius 1 is 1.56 bits per heavy atom. The summed E-state index contributed by atoms with van der Waals surface area (Å²) < 4.78 is 21.0. The molecule has 9 heavy (non-hydrogen) atoms. The van der Waals surface area contributed by atoms with Crippen LogP contribution in [0, 0.1) is 18.1 Å². The molecule has 0 aliphatic carbocycles. The lowest BCUT2D eigenvalue weighted by molar-refractivity contribution is 0.600. The fourth-order valence-corrected chi connectivity index (χ4v) is 0.590. The van der Waals surface area contributed by atoms with Crippen LogP contribution in [-0.2, 0) is 9.84 Å². The van der Waals surface area contributed by atoms with Crippen LogP contribution in [-0.4, -0.2) is 13.7 Å². The van der Waals surface area contributed by atoms with E-state index in [1.54, 1.807) is 6.92 Å². The molecule has 0 rings (SSSR count). The predicted octanol–water partition coefficient (Wildman–Crippen LogP) is 0.605. The Labute approximate surface area is 56.2 Å². The zero-order chi connectivity index (χ0) is 7.49. The van der Waals surface area contributed by atoms with Crippen molar-refractivity contribution in [1.29, 1.82) is 0 Å². The van der Waals surface area contributed by atoms with E-state index in [2.05, 4.69) is 18.1 Å².